The number of halogens is 2. The van der Waals surface area contributed by atoms with Crippen LogP contribution >= 0.6 is 38.4 Å². The molecule has 0 aliphatic heterocycles. The van der Waals surface area contributed by atoms with Crippen LogP contribution < -0.4 is 9.79 Å². The fourth-order valence-corrected chi connectivity index (χ4v) is 5.03. The largest absolute Gasteiger partial charge is 0.808 e. The molecule has 0 amide bonds. The first-order chi connectivity index (χ1) is 10.6. The van der Waals surface area contributed by atoms with Crippen molar-refractivity contribution in [3.63, 3.8) is 0 Å². The van der Waals surface area contributed by atoms with E-state index in [1.54, 1.807) is 0 Å². The van der Waals surface area contributed by atoms with Crippen LogP contribution in [0.1, 0.15) is 65.2 Å². The second kappa shape index (κ2) is 11.5. The average molecular weight is 411 g/mol. The van der Waals surface area contributed by atoms with Crippen LogP contribution in [0.25, 0.3) is 0 Å². The lowest BCUT2D eigenvalue weighted by molar-refractivity contribution is -0.314. The van der Waals surface area contributed by atoms with Gasteiger partial charge in [-0.1, -0.05) is 75.6 Å². The molecule has 0 N–H and O–H groups in total. The first kappa shape index (κ1) is 23.9. The van der Waals surface area contributed by atoms with Gasteiger partial charge in [-0.05, 0) is 20.4 Å². The molecule has 23 heavy (non-hydrogen) atoms. The van der Waals surface area contributed by atoms with E-state index in [4.69, 9.17) is 32.2 Å². The molecule has 0 spiro atoms. The van der Waals surface area contributed by atoms with Crippen molar-refractivity contribution in [1.29, 1.82) is 0 Å². The van der Waals surface area contributed by atoms with Gasteiger partial charge in [0.15, 0.2) is 0 Å². The van der Waals surface area contributed by atoms with Crippen LogP contribution in [-0.4, -0.2) is 17.0 Å². The molecule has 0 aromatic heterocycles. The van der Waals surface area contributed by atoms with Crippen molar-refractivity contribution in [3.8, 4) is 0 Å². The van der Waals surface area contributed by atoms with Gasteiger partial charge in [-0.3, -0.25) is 4.57 Å². The van der Waals surface area contributed by atoms with Gasteiger partial charge >= 0.3 is 7.60 Å². The summed E-state index contributed by atoms with van der Waals surface area (Å²) in [5.74, 6) is 0. The van der Waals surface area contributed by atoms with Crippen LogP contribution in [0.15, 0.2) is 0 Å². The highest BCUT2D eigenvalue weighted by Gasteiger charge is 2.51. The van der Waals surface area contributed by atoms with Crippen LogP contribution in [-0.2, 0) is 18.2 Å². The maximum absolute atomic E-state index is 12.7. The SMILES string of the molecule is CCCCCCOP(=O)(OCCCCCC)C(Cl)(Cl)P(=O)([O-])[O-]. The number of alkyl halides is 2. The minimum atomic E-state index is -5.60. The van der Waals surface area contributed by atoms with Crippen LogP contribution in [0.5, 0.6) is 0 Å². The van der Waals surface area contributed by atoms with E-state index >= 15 is 0 Å². The first-order valence-electron chi connectivity index (χ1n) is 7.91. The molecular weight excluding hydrogens is 385 g/mol. The van der Waals surface area contributed by atoms with E-state index in [9.17, 15) is 18.9 Å². The Kier molecular flexibility index (Phi) is 11.9. The molecule has 0 heterocycles. The Morgan fingerprint density at radius 3 is 1.52 bits per heavy atom. The molecule has 0 aliphatic carbocycles. The van der Waals surface area contributed by atoms with Crippen molar-refractivity contribution in [2.75, 3.05) is 13.2 Å². The molecule has 0 aromatic rings. The van der Waals surface area contributed by atoms with Gasteiger partial charge in [0.25, 0.3) is 0 Å². The highest BCUT2D eigenvalue weighted by molar-refractivity contribution is 7.78. The summed E-state index contributed by atoms with van der Waals surface area (Å²) < 4.78 is 30.9. The lowest BCUT2D eigenvalue weighted by Gasteiger charge is -2.43. The number of rotatable bonds is 14. The molecule has 0 saturated heterocycles. The van der Waals surface area contributed by atoms with Crippen molar-refractivity contribution < 1.29 is 28.0 Å². The lowest BCUT2D eigenvalue weighted by atomic mass is 10.2. The molecule has 0 aliphatic rings. The second-order valence-electron chi connectivity index (χ2n) is 5.29. The van der Waals surface area contributed by atoms with Crippen LogP contribution in [0.4, 0.5) is 0 Å². The third kappa shape index (κ3) is 8.20. The Morgan fingerprint density at radius 1 is 0.826 bits per heavy atom. The van der Waals surface area contributed by atoms with E-state index in [2.05, 4.69) is 0 Å². The molecule has 0 unspecified atom stereocenters. The fourth-order valence-electron chi connectivity index (χ4n) is 1.77. The Labute approximate surface area is 148 Å². The normalized spacial score (nSPS) is 13.5. The molecule has 0 aromatic carbocycles. The standard InChI is InChI=1S/C13H28Cl2O6P2/c1-3-5-7-9-11-20-23(19,13(14,15)22(16,17)18)21-12-10-8-6-4-2/h3-12H2,1-2H3,(H2,16,17,18)/p-2. The molecule has 140 valence electrons. The summed E-state index contributed by atoms with van der Waals surface area (Å²) in [4.78, 5) is 22.5. The van der Waals surface area contributed by atoms with E-state index < -0.39 is 19.0 Å². The maximum atomic E-state index is 12.7. The summed E-state index contributed by atoms with van der Waals surface area (Å²) in [6.45, 7) is 3.98. The summed E-state index contributed by atoms with van der Waals surface area (Å²) in [6.07, 6.45) is 6.63. The predicted octanol–water partition coefficient (Wildman–Crippen LogP) is 4.38. The van der Waals surface area contributed by atoms with Gasteiger partial charge in [0.05, 0.1) is 13.2 Å². The van der Waals surface area contributed by atoms with E-state index in [-0.39, 0.29) is 13.2 Å². The zero-order chi connectivity index (χ0) is 18.0. The summed E-state index contributed by atoms with van der Waals surface area (Å²) >= 11 is 11.1. The lowest BCUT2D eigenvalue weighted by Crippen LogP contribution is -2.31. The van der Waals surface area contributed by atoms with E-state index in [1.807, 2.05) is 13.8 Å². The van der Waals surface area contributed by atoms with Gasteiger partial charge in [-0.25, -0.2) is 0 Å². The minimum absolute atomic E-state index is 0.0343. The Hall–Kier alpha value is 0.880. The summed E-state index contributed by atoms with van der Waals surface area (Å²) in [5.41, 5.74) is 0. The minimum Gasteiger partial charge on any atom is -0.808 e. The van der Waals surface area contributed by atoms with Crippen LogP contribution in [0, 0.1) is 0 Å². The van der Waals surface area contributed by atoms with Gasteiger partial charge in [0.2, 0.25) is 3.82 Å². The molecule has 0 saturated carbocycles. The highest BCUT2D eigenvalue weighted by Crippen LogP contribution is 2.75. The van der Waals surface area contributed by atoms with Crippen molar-refractivity contribution >= 4 is 38.4 Å². The van der Waals surface area contributed by atoms with Crippen molar-refractivity contribution in [1.82, 2.24) is 0 Å². The molecule has 0 rings (SSSR count). The molecule has 0 bridgehead atoms. The molecule has 0 atom stereocenters. The quantitative estimate of drug-likeness (QED) is 0.239. The Bertz CT molecular complexity index is 395. The number of unbranched alkanes of at least 4 members (excludes halogenated alkanes) is 6. The maximum Gasteiger partial charge on any atom is 0.371 e. The Balaban J connectivity index is 4.77. The third-order valence-electron chi connectivity index (χ3n) is 3.18. The van der Waals surface area contributed by atoms with Crippen LogP contribution in [0.2, 0.25) is 0 Å². The summed E-state index contributed by atoms with van der Waals surface area (Å²) in [5, 5.41) is 0. The van der Waals surface area contributed by atoms with E-state index in [0.29, 0.717) is 12.8 Å². The fraction of sp³-hybridized carbons (Fsp3) is 1.00. The van der Waals surface area contributed by atoms with Gasteiger partial charge in [0.1, 0.15) is 0 Å². The first-order valence-corrected chi connectivity index (χ1v) is 11.8. The summed E-state index contributed by atoms with van der Waals surface area (Å²) in [6, 6.07) is 0. The summed E-state index contributed by atoms with van der Waals surface area (Å²) in [7, 11) is -10.1. The Morgan fingerprint density at radius 2 is 1.22 bits per heavy atom. The van der Waals surface area contributed by atoms with Gasteiger partial charge in [-0.2, -0.15) is 0 Å². The van der Waals surface area contributed by atoms with Crippen molar-refractivity contribution in [2.24, 2.45) is 0 Å². The third-order valence-corrected chi connectivity index (χ3v) is 9.49. The number of hydrogen-bond acceptors (Lipinski definition) is 6. The molecular formula is C13H26Cl2O6P2-2. The van der Waals surface area contributed by atoms with Crippen LogP contribution in [0.3, 0.4) is 0 Å². The van der Waals surface area contributed by atoms with E-state index in [1.165, 1.54) is 0 Å². The smallest absolute Gasteiger partial charge is 0.371 e. The number of hydrogen-bond donors (Lipinski definition) is 0. The van der Waals surface area contributed by atoms with E-state index in [0.717, 1.165) is 38.5 Å². The zero-order valence-electron chi connectivity index (χ0n) is 13.7. The van der Waals surface area contributed by atoms with Crippen molar-refractivity contribution in [2.45, 2.75) is 69.0 Å². The highest BCUT2D eigenvalue weighted by atomic mass is 35.5. The monoisotopic (exact) mass is 410 g/mol. The molecule has 10 heteroatoms. The van der Waals surface area contributed by atoms with Gasteiger partial charge in [-0.15, -0.1) is 0 Å². The van der Waals surface area contributed by atoms with Crippen molar-refractivity contribution in [3.05, 3.63) is 0 Å². The zero-order valence-corrected chi connectivity index (χ0v) is 17.0. The molecule has 6 nitrogen and oxygen atoms in total. The molecule has 0 fully saturated rings. The van der Waals surface area contributed by atoms with Gasteiger partial charge < -0.3 is 23.4 Å². The topological polar surface area (TPSA) is 98.7 Å². The second-order valence-corrected chi connectivity index (χ2v) is 11.9. The average Bonchev–Trinajstić information content (AvgIpc) is 2.45. The predicted molar refractivity (Wildman–Crippen MR) is 89.8 cm³/mol. The molecule has 0 radical (unpaired) electrons. The van der Waals surface area contributed by atoms with Gasteiger partial charge in [0, 0.05) is 0 Å².